The van der Waals surface area contributed by atoms with Gasteiger partial charge in [0.2, 0.25) is 11.7 Å². The van der Waals surface area contributed by atoms with Crippen molar-refractivity contribution in [3.63, 3.8) is 0 Å². The van der Waals surface area contributed by atoms with Gasteiger partial charge in [0.1, 0.15) is 17.4 Å². The van der Waals surface area contributed by atoms with Gasteiger partial charge in [-0.15, -0.1) is 0 Å². The number of hydrogen-bond donors (Lipinski definition) is 5. The lowest BCUT2D eigenvalue weighted by Gasteiger charge is -2.53. The maximum atomic E-state index is 13.9. The van der Waals surface area contributed by atoms with Gasteiger partial charge in [0.15, 0.2) is 11.4 Å². The fourth-order valence-electron chi connectivity index (χ4n) is 6.54. The highest BCUT2D eigenvalue weighted by Crippen LogP contribution is 2.53. The second-order valence-electron chi connectivity index (χ2n) is 10.4. The van der Waals surface area contributed by atoms with Crippen LogP contribution in [0.5, 0.6) is 5.75 Å². The smallest absolute Gasteiger partial charge is 0.230 e. The monoisotopic (exact) mass is 507 g/mol. The third-order valence-electron chi connectivity index (χ3n) is 8.14. The van der Waals surface area contributed by atoms with E-state index in [1.165, 1.54) is 6.07 Å². The number of likely N-dealkylation sites (N-methyl/N-ethyl adjacent to an activating group) is 1. The van der Waals surface area contributed by atoms with Crippen LogP contribution in [0.1, 0.15) is 23.2 Å². The van der Waals surface area contributed by atoms with E-state index in [1.807, 2.05) is 25.1 Å². The van der Waals surface area contributed by atoms with E-state index in [4.69, 9.17) is 5.73 Å². The Hall–Kier alpha value is -3.60. The Morgan fingerprint density at radius 2 is 1.86 bits per heavy atom. The second kappa shape index (κ2) is 8.47. The molecular formula is C27H29N3O7. The van der Waals surface area contributed by atoms with Gasteiger partial charge < -0.3 is 31.1 Å². The lowest BCUT2D eigenvalue weighted by atomic mass is 9.54. The van der Waals surface area contributed by atoms with Gasteiger partial charge >= 0.3 is 0 Å². The number of Topliss-reactive ketones (excluding diaryl/α,β-unsaturated/α-hetero) is 2. The van der Waals surface area contributed by atoms with Crippen LogP contribution in [-0.2, 0) is 20.8 Å². The van der Waals surface area contributed by atoms with Crippen LogP contribution in [0.4, 0.5) is 0 Å². The number of carbonyl (C=O) groups is 3. The van der Waals surface area contributed by atoms with Crippen molar-refractivity contribution in [2.45, 2.75) is 37.5 Å². The molecule has 10 heteroatoms. The number of aliphatic hydroxyl groups is 3. The van der Waals surface area contributed by atoms with Crippen LogP contribution in [0, 0.1) is 24.7 Å². The molecule has 0 aliphatic heterocycles. The molecule has 10 nitrogen and oxygen atoms in total. The summed E-state index contributed by atoms with van der Waals surface area (Å²) in [5, 5.41) is 44.6. The number of primary amides is 1. The molecule has 194 valence electrons. The number of benzene rings is 1. The molecule has 2 fully saturated rings. The lowest BCUT2D eigenvalue weighted by molar-refractivity contribution is -0.184. The number of hydrogen-bond acceptors (Lipinski definition) is 9. The molecule has 1 aromatic heterocycles. The number of phenolic OH excluding ortho intramolecular Hbond substituents is 1. The number of pyridine rings is 1. The SMILES string of the molecule is Cc1cccc(-c2ccc(O)c3c2C[C@H]2C[C@H]4[C@H](N(C)C)C(O)[C@@H](C(N)=O)C(=O)[C@@]4(O)C(=O)C2=C3O)n1. The normalized spacial score (nSPS) is 31.1. The molecule has 0 radical (unpaired) electrons. The van der Waals surface area contributed by atoms with E-state index in [0.29, 0.717) is 16.8 Å². The summed E-state index contributed by atoms with van der Waals surface area (Å²) >= 11 is 0. The summed E-state index contributed by atoms with van der Waals surface area (Å²) in [5.74, 6) is -7.62. The summed E-state index contributed by atoms with van der Waals surface area (Å²) in [6, 6.07) is 7.66. The summed E-state index contributed by atoms with van der Waals surface area (Å²) in [6.07, 6.45) is -1.24. The van der Waals surface area contributed by atoms with Gasteiger partial charge in [-0.05, 0) is 69.6 Å². The van der Waals surface area contributed by atoms with Crippen molar-refractivity contribution in [2.24, 2.45) is 23.5 Å². The number of rotatable bonds is 3. The largest absolute Gasteiger partial charge is 0.507 e. The molecule has 1 heterocycles. The molecule has 1 amide bonds. The maximum absolute atomic E-state index is 13.9. The average Bonchev–Trinajstić information content (AvgIpc) is 2.81. The highest BCUT2D eigenvalue weighted by atomic mass is 16.3. The number of aromatic hydroxyl groups is 1. The molecule has 6 atom stereocenters. The number of ketones is 2. The fraction of sp³-hybridized carbons (Fsp3) is 0.407. The van der Waals surface area contributed by atoms with Crippen LogP contribution in [-0.4, -0.2) is 79.6 Å². The van der Waals surface area contributed by atoms with E-state index in [9.17, 15) is 34.8 Å². The van der Waals surface area contributed by atoms with Crippen LogP contribution < -0.4 is 5.73 Å². The van der Waals surface area contributed by atoms with E-state index >= 15 is 0 Å². The maximum Gasteiger partial charge on any atom is 0.230 e. The first-order valence-corrected chi connectivity index (χ1v) is 12.1. The molecule has 0 bridgehead atoms. The third kappa shape index (κ3) is 3.43. The Bertz CT molecular complexity index is 1380. The minimum absolute atomic E-state index is 0.0429. The van der Waals surface area contributed by atoms with Crippen LogP contribution in [0.15, 0.2) is 35.9 Å². The van der Waals surface area contributed by atoms with Gasteiger partial charge in [-0.3, -0.25) is 19.4 Å². The Kier molecular flexibility index (Phi) is 5.74. The standard InChI is InChI=1S/C27H29N3O7/c1-11-5-4-6-16(29-11)13-7-8-17(31)19-14(13)9-12-10-15-21(30(2)3)23(33)20(26(28)36)25(35)27(15,37)24(34)18(12)22(19)32/h4-8,12,15,20-21,23,31-33,37H,9-10H2,1-3H3,(H2,28,36)/t12-,15-,20+,21-,23?,27-/m0/s1. The van der Waals surface area contributed by atoms with Gasteiger partial charge in [-0.2, -0.15) is 0 Å². The van der Waals surface area contributed by atoms with Crippen molar-refractivity contribution in [2.75, 3.05) is 14.1 Å². The molecule has 3 aliphatic rings. The number of fused-ring (bicyclic) bond motifs is 3. The quantitative estimate of drug-likeness (QED) is 0.371. The van der Waals surface area contributed by atoms with Crippen molar-refractivity contribution < 1.29 is 34.8 Å². The number of phenols is 1. The van der Waals surface area contributed by atoms with Crippen LogP contribution in [0.3, 0.4) is 0 Å². The van der Waals surface area contributed by atoms with E-state index in [2.05, 4.69) is 4.98 Å². The molecule has 0 saturated heterocycles. The van der Waals surface area contributed by atoms with Gasteiger partial charge in [-0.25, -0.2) is 0 Å². The summed E-state index contributed by atoms with van der Waals surface area (Å²) < 4.78 is 0. The summed E-state index contributed by atoms with van der Waals surface area (Å²) in [5.41, 5.74) is 5.26. The Morgan fingerprint density at radius 1 is 1.16 bits per heavy atom. The lowest BCUT2D eigenvalue weighted by Crippen LogP contribution is -2.73. The summed E-state index contributed by atoms with van der Waals surface area (Å²) in [7, 11) is 3.23. The number of aliphatic hydroxyl groups excluding tert-OH is 2. The van der Waals surface area contributed by atoms with E-state index in [1.54, 1.807) is 25.1 Å². The minimum Gasteiger partial charge on any atom is -0.507 e. The molecule has 2 aromatic rings. The highest BCUT2D eigenvalue weighted by Gasteiger charge is 2.67. The van der Waals surface area contributed by atoms with E-state index in [0.717, 1.165) is 5.69 Å². The predicted molar refractivity (Wildman–Crippen MR) is 132 cm³/mol. The molecular weight excluding hydrogens is 478 g/mol. The Labute approximate surface area is 213 Å². The van der Waals surface area contributed by atoms with Crippen molar-refractivity contribution in [3.05, 3.63) is 52.7 Å². The van der Waals surface area contributed by atoms with Gasteiger partial charge in [0.05, 0.1) is 17.4 Å². The zero-order valence-electron chi connectivity index (χ0n) is 20.7. The zero-order chi connectivity index (χ0) is 27.0. The molecule has 37 heavy (non-hydrogen) atoms. The number of nitrogens with two attached hydrogens (primary N) is 1. The third-order valence-corrected chi connectivity index (χ3v) is 8.14. The molecule has 5 rings (SSSR count). The zero-order valence-corrected chi connectivity index (χ0v) is 20.7. The summed E-state index contributed by atoms with van der Waals surface area (Å²) in [4.78, 5) is 45.5. The number of carbonyl (C=O) groups excluding carboxylic acids is 3. The number of nitrogens with zero attached hydrogens (tertiary/aromatic N) is 2. The van der Waals surface area contributed by atoms with Crippen LogP contribution in [0.25, 0.3) is 17.0 Å². The van der Waals surface area contributed by atoms with E-state index in [-0.39, 0.29) is 29.7 Å². The first-order chi connectivity index (χ1) is 17.4. The first-order valence-electron chi connectivity index (χ1n) is 12.1. The van der Waals surface area contributed by atoms with Crippen molar-refractivity contribution in [3.8, 4) is 17.0 Å². The minimum atomic E-state index is -2.67. The first kappa shape index (κ1) is 25.1. The number of aromatic nitrogens is 1. The van der Waals surface area contributed by atoms with Gasteiger partial charge in [0, 0.05) is 28.8 Å². The average molecular weight is 508 g/mol. The molecule has 1 unspecified atom stereocenters. The van der Waals surface area contributed by atoms with Crippen molar-refractivity contribution >= 4 is 23.2 Å². The molecule has 2 saturated carbocycles. The van der Waals surface area contributed by atoms with Crippen molar-refractivity contribution in [1.82, 2.24) is 9.88 Å². The van der Waals surface area contributed by atoms with Crippen LogP contribution in [0.2, 0.25) is 0 Å². The van der Waals surface area contributed by atoms with Gasteiger partial charge in [-0.1, -0.05) is 6.07 Å². The molecule has 1 aromatic carbocycles. The number of amides is 1. The predicted octanol–water partition coefficient (Wildman–Crippen LogP) is 0.499. The second-order valence-corrected chi connectivity index (χ2v) is 10.4. The summed E-state index contributed by atoms with van der Waals surface area (Å²) in [6.45, 7) is 1.85. The fourth-order valence-corrected chi connectivity index (χ4v) is 6.54. The molecule has 3 aliphatic carbocycles. The highest BCUT2D eigenvalue weighted by molar-refractivity contribution is 6.25. The topological polar surface area (TPSA) is 174 Å². The van der Waals surface area contributed by atoms with E-state index < -0.39 is 58.7 Å². The molecule has 6 N–H and O–H groups in total. The Balaban J connectivity index is 1.71. The molecule has 0 spiro atoms. The number of aryl methyl sites for hydroxylation is 1. The van der Waals surface area contributed by atoms with Crippen molar-refractivity contribution in [1.29, 1.82) is 0 Å². The van der Waals surface area contributed by atoms with Crippen LogP contribution >= 0.6 is 0 Å². The Morgan fingerprint density at radius 3 is 2.49 bits per heavy atom. The van der Waals surface area contributed by atoms with Gasteiger partial charge in [0.25, 0.3) is 0 Å².